The summed E-state index contributed by atoms with van der Waals surface area (Å²) in [6.07, 6.45) is 5.22. The summed E-state index contributed by atoms with van der Waals surface area (Å²) < 4.78 is 27.3. The van der Waals surface area contributed by atoms with Crippen LogP contribution in [0.4, 0.5) is 0 Å². The molecule has 0 saturated carbocycles. The molecule has 0 bridgehead atoms. The molecule has 1 amide bonds. The third-order valence-electron chi connectivity index (χ3n) is 5.61. The maximum atomic E-state index is 12.9. The maximum Gasteiger partial charge on any atom is 0.251 e. The smallest absolute Gasteiger partial charge is 0.251 e. The summed E-state index contributed by atoms with van der Waals surface area (Å²) in [5.74, 6) is 0.356. The number of nitrogens with zero attached hydrogens (tertiary/aromatic N) is 2. The largest absolute Gasteiger partial charge is 0.352 e. The van der Waals surface area contributed by atoms with E-state index >= 15 is 0 Å². The Morgan fingerprint density at radius 3 is 2.56 bits per heavy atom. The molecule has 0 aromatic heterocycles. The lowest BCUT2D eigenvalue weighted by molar-refractivity contribution is 0.0952. The van der Waals surface area contributed by atoms with Gasteiger partial charge in [0.25, 0.3) is 5.91 Å². The van der Waals surface area contributed by atoms with Gasteiger partial charge >= 0.3 is 0 Å². The molecule has 0 aliphatic carbocycles. The summed E-state index contributed by atoms with van der Waals surface area (Å²) in [5.41, 5.74) is 0.405. The number of likely N-dealkylation sites (tertiary alicyclic amines) is 1. The summed E-state index contributed by atoms with van der Waals surface area (Å²) >= 11 is 0. The van der Waals surface area contributed by atoms with Crippen LogP contribution in [0.1, 0.15) is 49.4 Å². The highest BCUT2D eigenvalue weighted by Gasteiger charge is 2.28. The predicted molar refractivity (Wildman–Crippen MR) is 106 cm³/mol. The van der Waals surface area contributed by atoms with Crippen LogP contribution in [-0.4, -0.2) is 62.8 Å². The Kier molecular flexibility index (Phi) is 6.89. The molecule has 0 radical (unpaired) electrons. The average Bonchev–Trinajstić information content (AvgIpc) is 3.19. The van der Waals surface area contributed by atoms with Crippen LogP contribution >= 0.6 is 0 Å². The number of sulfonamides is 1. The van der Waals surface area contributed by atoms with E-state index in [1.54, 1.807) is 22.5 Å². The highest BCUT2D eigenvalue weighted by molar-refractivity contribution is 7.89. The summed E-state index contributed by atoms with van der Waals surface area (Å²) in [6, 6.07) is 6.41. The fourth-order valence-corrected chi connectivity index (χ4v) is 5.30. The lowest BCUT2D eigenvalue weighted by atomic mass is 10.0. The molecule has 2 fully saturated rings. The summed E-state index contributed by atoms with van der Waals surface area (Å²) in [7, 11) is -3.53. The number of hydrogen-bond acceptors (Lipinski definition) is 4. The van der Waals surface area contributed by atoms with E-state index in [4.69, 9.17) is 0 Å². The maximum absolute atomic E-state index is 12.9. The number of amides is 1. The van der Waals surface area contributed by atoms with Crippen molar-refractivity contribution in [1.82, 2.24) is 14.5 Å². The van der Waals surface area contributed by atoms with E-state index in [0.29, 0.717) is 31.1 Å². The van der Waals surface area contributed by atoms with Gasteiger partial charge in [0.2, 0.25) is 10.0 Å². The van der Waals surface area contributed by atoms with Gasteiger partial charge < -0.3 is 10.2 Å². The molecular weight excluding hydrogens is 362 g/mol. The van der Waals surface area contributed by atoms with Gasteiger partial charge in [-0.25, -0.2) is 8.42 Å². The van der Waals surface area contributed by atoms with Gasteiger partial charge in [-0.3, -0.25) is 4.79 Å². The number of rotatable bonds is 7. The third kappa shape index (κ3) is 5.30. The van der Waals surface area contributed by atoms with Crippen LogP contribution in [0.25, 0.3) is 0 Å². The molecule has 2 saturated heterocycles. The molecular formula is C20H31N3O3S. The first kappa shape index (κ1) is 20.3. The van der Waals surface area contributed by atoms with Crippen molar-refractivity contribution >= 4 is 15.9 Å². The Bertz CT molecular complexity index is 737. The number of benzene rings is 1. The second-order valence-corrected chi connectivity index (χ2v) is 9.71. The molecule has 6 nitrogen and oxygen atoms in total. The number of carbonyl (C=O) groups is 1. The lowest BCUT2D eigenvalue weighted by Crippen LogP contribution is -2.38. The first-order valence-corrected chi connectivity index (χ1v) is 11.5. The quantitative estimate of drug-likeness (QED) is 0.722. The highest BCUT2D eigenvalue weighted by atomic mass is 32.2. The van der Waals surface area contributed by atoms with Crippen molar-refractivity contribution in [3.63, 3.8) is 0 Å². The van der Waals surface area contributed by atoms with Crippen LogP contribution in [0.2, 0.25) is 0 Å². The van der Waals surface area contributed by atoms with E-state index in [9.17, 15) is 13.2 Å². The second-order valence-electron chi connectivity index (χ2n) is 7.77. The predicted octanol–water partition coefficient (Wildman–Crippen LogP) is 2.32. The molecule has 0 spiro atoms. The van der Waals surface area contributed by atoms with Crippen molar-refractivity contribution in [3.8, 4) is 0 Å². The lowest BCUT2D eigenvalue weighted by Gasteiger charge is -2.29. The van der Waals surface area contributed by atoms with Crippen molar-refractivity contribution in [2.75, 3.05) is 39.3 Å². The Labute approximate surface area is 163 Å². The van der Waals surface area contributed by atoms with E-state index in [2.05, 4.69) is 17.1 Å². The molecule has 7 heteroatoms. The molecule has 2 aliphatic rings. The minimum atomic E-state index is -3.53. The monoisotopic (exact) mass is 393 g/mol. The zero-order valence-electron chi connectivity index (χ0n) is 16.2. The van der Waals surface area contributed by atoms with Crippen molar-refractivity contribution in [1.29, 1.82) is 0 Å². The van der Waals surface area contributed by atoms with Gasteiger partial charge in [0.15, 0.2) is 0 Å². The summed E-state index contributed by atoms with van der Waals surface area (Å²) in [6.45, 7) is 7.18. The van der Waals surface area contributed by atoms with Crippen molar-refractivity contribution < 1.29 is 13.2 Å². The molecule has 0 unspecified atom stereocenters. The number of hydrogen-bond donors (Lipinski definition) is 1. The Balaban J connectivity index is 1.56. The average molecular weight is 394 g/mol. The number of nitrogens with one attached hydrogen (secondary N) is 1. The van der Waals surface area contributed by atoms with Crippen LogP contribution in [0.15, 0.2) is 29.2 Å². The van der Waals surface area contributed by atoms with E-state index in [1.807, 2.05) is 0 Å². The Morgan fingerprint density at radius 1 is 1.15 bits per heavy atom. The zero-order chi connectivity index (χ0) is 19.3. The van der Waals surface area contributed by atoms with Gasteiger partial charge in [-0.2, -0.15) is 4.31 Å². The second kappa shape index (κ2) is 9.17. The van der Waals surface area contributed by atoms with Gasteiger partial charge in [-0.1, -0.05) is 13.0 Å². The Hall–Kier alpha value is -1.44. The van der Waals surface area contributed by atoms with Crippen LogP contribution in [0.3, 0.4) is 0 Å². The van der Waals surface area contributed by atoms with Crippen molar-refractivity contribution in [2.24, 2.45) is 5.92 Å². The van der Waals surface area contributed by atoms with Gasteiger partial charge in [-0.15, -0.1) is 0 Å². The first-order valence-electron chi connectivity index (χ1n) is 10.1. The fraction of sp³-hybridized carbons (Fsp3) is 0.650. The minimum Gasteiger partial charge on any atom is -0.352 e. The molecule has 150 valence electrons. The normalized spacial score (nSPS) is 20.0. The molecule has 1 N–H and O–H groups in total. The first-order chi connectivity index (χ1) is 13.0. The van der Waals surface area contributed by atoms with E-state index < -0.39 is 10.0 Å². The topological polar surface area (TPSA) is 69.7 Å². The van der Waals surface area contributed by atoms with Gasteiger partial charge in [0, 0.05) is 25.2 Å². The molecule has 3 rings (SSSR count). The third-order valence-corrected chi connectivity index (χ3v) is 7.51. The molecule has 1 aromatic carbocycles. The molecule has 2 aliphatic heterocycles. The summed E-state index contributed by atoms with van der Waals surface area (Å²) in [5, 5.41) is 2.91. The highest BCUT2D eigenvalue weighted by Crippen LogP contribution is 2.24. The van der Waals surface area contributed by atoms with Crippen LogP contribution in [0.5, 0.6) is 0 Å². The van der Waals surface area contributed by atoms with E-state index in [1.165, 1.54) is 18.9 Å². The number of carbonyl (C=O) groups excluding carboxylic acids is 1. The standard InChI is InChI=1S/C20H31N3O3S/c1-17-8-14-23(15-9-17)27(25,26)19-7-4-6-18(16-19)20(24)21-10-5-13-22-11-2-3-12-22/h4,6-7,16-17H,2-3,5,8-15H2,1H3,(H,21,24). The van der Waals surface area contributed by atoms with E-state index in [0.717, 1.165) is 38.9 Å². The van der Waals surface area contributed by atoms with Gasteiger partial charge in [0.05, 0.1) is 4.90 Å². The Morgan fingerprint density at radius 2 is 1.85 bits per heavy atom. The minimum absolute atomic E-state index is 0.208. The van der Waals surface area contributed by atoms with E-state index in [-0.39, 0.29) is 10.8 Å². The summed E-state index contributed by atoms with van der Waals surface area (Å²) in [4.78, 5) is 15.0. The molecule has 1 aromatic rings. The van der Waals surface area contributed by atoms with Gasteiger partial charge in [-0.05, 0) is 75.9 Å². The van der Waals surface area contributed by atoms with Crippen LogP contribution in [-0.2, 0) is 10.0 Å². The SMILES string of the molecule is CC1CCN(S(=O)(=O)c2cccc(C(=O)NCCCN3CCCC3)c2)CC1. The molecule has 0 atom stereocenters. The number of piperidine rings is 1. The van der Waals surface area contributed by atoms with Gasteiger partial charge in [0.1, 0.15) is 0 Å². The molecule has 27 heavy (non-hydrogen) atoms. The fourth-order valence-electron chi connectivity index (χ4n) is 3.78. The molecule has 2 heterocycles. The zero-order valence-corrected chi connectivity index (χ0v) is 17.0. The van der Waals surface area contributed by atoms with Crippen molar-refractivity contribution in [2.45, 2.75) is 43.9 Å². The van der Waals surface area contributed by atoms with Crippen molar-refractivity contribution in [3.05, 3.63) is 29.8 Å². The van der Waals surface area contributed by atoms with Crippen LogP contribution in [0, 0.1) is 5.92 Å². The van der Waals surface area contributed by atoms with Crippen LogP contribution < -0.4 is 5.32 Å².